The second-order valence-electron chi connectivity index (χ2n) is 5.61. The first-order valence-corrected chi connectivity index (χ1v) is 7.52. The van der Waals surface area contributed by atoms with E-state index in [-0.39, 0.29) is 0 Å². The van der Waals surface area contributed by atoms with E-state index in [0.29, 0.717) is 0 Å². The smallest absolute Gasteiger partial charge is 0.135 e. The maximum atomic E-state index is 4.65. The van der Waals surface area contributed by atoms with Crippen LogP contribution in [-0.4, -0.2) is 36.1 Å². The van der Waals surface area contributed by atoms with Gasteiger partial charge in [0.2, 0.25) is 0 Å². The zero-order chi connectivity index (χ0) is 14.8. The minimum atomic E-state index is 0.860. The molecule has 3 rings (SSSR count). The molecule has 110 valence electrons. The third-order valence-corrected chi connectivity index (χ3v) is 4.18. The molecule has 0 unspecified atom stereocenters. The van der Waals surface area contributed by atoms with E-state index in [0.717, 1.165) is 43.5 Å². The molecule has 2 aromatic rings. The monoisotopic (exact) mass is 282 g/mol. The SMILES string of the molecule is Cc1nc(C)c(C)c(N2CCN(c3ccccc3)CC2)n1. The molecule has 0 N–H and O–H groups in total. The van der Waals surface area contributed by atoms with E-state index in [9.17, 15) is 0 Å². The average Bonchev–Trinajstić information content (AvgIpc) is 2.52. The van der Waals surface area contributed by atoms with Gasteiger partial charge in [-0.2, -0.15) is 0 Å². The van der Waals surface area contributed by atoms with Crippen LogP contribution in [0.1, 0.15) is 17.1 Å². The number of aromatic nitrogens is 2. The van der Waals surface area contributed by atoms with Crippen LogP contribution in [-0.2, 0) is 0 Å². The molecule has 2 heterocycles. The summed E-state index contributed by atoms with van der Waals surface area (Å²) in [5.41, 5.74) is 3.60. The Kier molecular flexibility index (Phi) is 3.78. The molecule has 1 fully saturated rings. The van der Waals surface area contributed by atoms with Crippen LogP contribution in [0.15, 0.2) is 30.3 Å². The summed E-state index contributed by atoms with van der Waals surface area (Å²) in [4.78, 5) is 13.9. The van der Waals surface area contributed by atoms with Crippen molar-refractivity contribution in [2.24, 2.45) is 0 Å². The summed E-state index contributed by atoms with van der Waals surface area (Å²) < 4.78 is 0. The summed E-state index contributed by atoms with van der Waals surface area (Å²) in [6.07, 6.45) is 0. The number of para-hydroxylation sites is 1. The second-order valence-corrected chi connectivity index (χ2v) is 5.61. The fourth-order valence-corrected chi connectivity index (χ4v) is 2.87. The predicted octanol–water partition coefficient (Wildman–Crippen LogP) is 2.73. The van der Waals surface area contributed by atoms with Crippen LogP contribution >= 0.6 is 0 Å². The summed E-state index contributed by atoms with van der Waals surface area (Å²) in [6.45, 7) is 10.2. The normalized spacial score (nSPS) is 15.4. The maximum absolute atomic E-state index is 4.65. The van der Waals surface area contributed by atoms with Crippen LogP contribution in [0.2, 0.25) is 0 Å². The molecule has 1 aromatic heterocycles. The Morgan fingerprint density at radius 3 is 2.10 bits per heavy atom. The number of nitrogens with zero attached hydrogens (tertiary/aromatic N) is 4. The first kappa shape index (κ1) is 13.9. The van der Waals surface area contributed by atoms with Crippen molar-refractivity contribution in [1.29, 1.82) is 0 Å². The summed E-state index contributed by atoms with van der Waals surface area (Å²) >= 11 is 0. The van der Waals surface area contributed by atoms with Crippen molar-refractivity contribution in [3.63, 3.8) is 0 Å². The molecular formula is C17H22N4. The van der Waals surface area contributed by atoms with Crippen LogP contribution in [0.4, 0.5) is 11.5 Å². The molecule has 1 saturated heterocycles. The van der Waals surface area contributed by atoms with Crippen LogP contribution in [0.3, 0.4) is 0 Å². The van der Waals surface area contributed by atoms with Gasteiger partial charge in [0.25, 0.3) is 0 Å². The topological polar surface area (TPSA) is 32.3 Å². The Labute approximate surface area is 126 Å². The zero-order valence-electron chi connectivity index (χ0n) is 13.0. The van der Waals surface area contributed by atoms with Crippen LogP contribution in [0.5, 0.6) is 0 Å². The number of rotatable bonds is 2. The van der Waals surface area contributed by atoms with Crippen molar-refractivity contribution in [2.75, 3.05) is 36.0 Å². The van der Waals surface area contributed by atoms with Crippen molar-refractivity contribution in [3.05, 3.63) is 47.4 Å². The summed E-state index contributed by atoms with van der Waals surface area (Å²) in [7, 11) is 0. The van der Waals surface area contributed by atoms with Gasteiger partial charge >= 0.3 is 0 Å². The third kappa shape index (κ3) is 2.84. The minimum Gasteiger partial charge on any atom is -0.368 e. The predicted molar refractivity (Wildman–Crippen MR) is 87.1 cm³/mol. The Morgan fingerprint density at radius 2 is 1.43 bits per heavy atom. The molecule has 4 nitrogen and oxygen atoms in total. The third-order valence-electron chi connectivity index (χ3n) is 4.18. The molecule has 0 radical (unpaired) electrons. The van der Waals surface area contributed by atoms with Gasteiger partial charge in [-0.3, -0.25) is 0 Å². The van der Waals surface area contributed by atoms with Crippen LogP contribution in [0.25, 0.3) is 0 Å². The van der Waals surface area contributed by atoms with Gasteiger partial charge in [0.05, 0.1) is 0 Å². The Hall–Kier alpha value is -2.10. The number of aryl methyl sites for hydroxylation is 2. The fourth-order valence-electron chi connectivity index (χ4n) is 2.87. The van der Waals surface area contributed by atoms with Gasteiger partial charge in [0.1, 0.15) is 11.6 Å². The minimum absolute atomic E-state index is 0.860. The molecule has 0 bridgehead atoms. The standard InChI is InChI=1S/C17H22N4/c1-13-14(2)18-15(3)19-17(13)21-11-9-20(10-12-21)16-7-5-4-6-8-16/h4-8H,9-12H2,1-3H3. The van der Waals surface area contributed by atoms with Crippen molar-refractivity contribution < 1.29 is 0 Å². The number of benzene rings is 1. The van der Waals surface area contributed by atoms with Gasteiger partial charge < -0.3 is 9.80 Å². The summed E-state index contributed by atoms with van der Waals surface area (Å²) in [5.74, 6) is 1.96. The highest BCUT2D eigenvalue weighted by Gasteiger charge is 2.20. The van der Waals surface area contributed by atoms with Gasteiger partial charge in [-0.25, -0.2) is 9.97 Å². The quantitative estimate of drug-likeness (QED) is 0.848. The highest BCUT2D eigenvalue weighted by molar-refractivity contribution is 5.52. The first-order chi connectivity index (χ1) is 10.1. The van der Waals surface area contributed by atoms with Crippen LogP contribution in [0, 0.1) is 20.8 Å². The highest BCUT2D eigenvalue weighted by Crippen LogP contribution is 2.23. The molecule has 0 amide bonds. The zero-order valence-corrected chi connectivity index (χ0v) is 13.0. The lowest BCUT2D eigenvalue weighted by atomic mass is 10.2. The first-order valence-electron chi connectivity index (χ1n) is 7.52. The van der Waals surface area contributed by atoms with Gasteiger partial charge in [0, 0.05) is 43.1 Å². The highest BCUT2D eigenvalue weighted by atomic mass is 15.3. The van der Waals surface area contributed by atoms with E-state index in [4.69, 9.17) is 0 Å². The molecule has 0 saturated carbocycles. The van der Waals surface area contributed by atoms with Gasteiger partial charge in [-0.15, -0.1) is 0 Å². The fraction of sp³-hybridized carbons (Fsp3) is 0.412. The van der Waals surface area contributed by atoms with E-state index in [1.807, 2.05) is 6.92 Å². The second kappa shape index (κ2) is 5.72. The molecule has 21 heavy (non-hydrogen) atoms. The van der Waals surface area contributed by atoms with E-state index >= 15 is 0 Å². The lowest BCUT2D eigenvalue weighted by molar-refractivity contribution is 0.643. The van der Waals surface area contributed by atoms with Gasteiger partial charge in [-0.1, -0.05) is 18.2 Å². The lowest BCUT2D eigenvalue weighted by Crippen LogP contribution is -2.47. The summed E-state index contributed by atoms with van der Waals surface area (Å²) in [6, 6.07) is 10.6. The van der Waals surface area contributed by atoms with Gasteiger partial charge in [-0.05, 0) is 32.9 Å². The van der Waals surface area contributed by atoms with E-state index in [1.54, 1.807) is 0 Å². The largest absolute Gasteiger partial charge is 0.368 e. The van der Waals surface area contributed by atoms with Crippen molar-refractivity contribution >= 4 is 11.5 Å². The van der Waals surface area contributed by atoms with Crippen molar-refractivity contribution in [2.45, 2.75) is 20.8 Å². The molecule has 4 heteroatoms. The average molecular weight is 282 g/mol. The number of hydrogen-bond acceptors (Lipinski definition) is 4. The molecular weight excluding hydrogens is 260 g/mol. The van der Waals surface area contributed by atoms with Crippen LogP contribution < -0.4 is 9.80 Å². The van der Waals surface area contributed by atoms with Gasteiger partial charge in [0.15, 0.2) is 0 Å². The molecule has 1 aromatic carbocycles. The Balaban J connectivity index is 1.74. The van der Waals surface area contributed by atoms with E-state index < -0.39 is 0 Å². The maximum Gasteiger partial charge on any atom is 0.135 e. The lowest BCUT2D eigenvalue weighted by Gasteiger charge is -2.37. The molecule has 0 atom stereocenters. The van der Waals surface area contributed by atoms with Crippen molar-refractivity contribution in [1.82, 2.24) is 9.97 Å². The molecule has 1 aliphatic heterocycles. The molecule has 0 aliphatic carbocycles. The van der Waals surface area contributed by atoms with Crippen molar-refractivity contribution in [3.8, 4) is 0 Å². The number of hydrogen-bond donors (Lipinski definition) is 0. The Morgan fingerprint density at radius 1 is 0.810 bits per heavy atom. The molecule has 1 aliphatic rings. The molecule has 0 spiro atoms. The summed E-state index contributed by atoms with van der Waals surface area (Å²) in [5, 5.41) is 0. The number of piperazine rings is 1. The van der Waals surface area contributed by atoms with E-state index in [1.165, 1.54) is 11.3 Å². The van der Waals surface area contributed by atoms with E-state index in [2.05, 4.69) is 63.9 Å². The Bertz CT molecular complexity index is 616. The number of anilines is 2.